The van der Waals surface area contributed by atoms with Crippen LogP contribution in [-0.4, -0.2) is 17.4 Å². The van der Waals surface area contributed by atoms with Crippen molar-refractivity contribution in [1.29, 1.82) is 0 Å². The molecular weight excluding hydrogens is 318 g/mol. The smallest absolute Gasteiger partial charge is 0.238 e. The average molecular weight is 334 g/mol. The Hall–Kier alpha value is -1.72. The van der Waals surface area contributed by atoms with E-state index in [4.69, 9.17) is 0 Å². The average Bonchev–Trinajstić information content (AvgIpc) is 2.41. The summed E-state index contributed by atoms with van der Waals surface area (Å²) in [5.41, 5.74) is 3.05. The fourth-order valence-corrected chi connectivity index (χ4v) is 2.18. The molecule has 0 aliphatic heterocycles. The van der Waals surface area contributed by atoms with E-state index >= 15 is 0 Å². The molecule has 0 saturated carbocycles. The molecule has 1 aromatic heterocycles. The molecule has 5 heteroatoms. The zero-order chi connectivity index (χ0) is 14.4. The second-order valence-electron chi connectivity index (χ2n) is 4.46. The lowest BCUT2D eigenvalue weighted by Crippen LogP contribution is -2.27. The monoisotopic (exact) mass is 333 g/mol. The highest BCUT2D eigenvalue weighted by Crippen LogP contribution is 2.15. The second kappa shape index (κ2) is 7.17. The van der Waals surface area contributed by atoms with Crippen molar-refractivity contribution in [3.05, 3.63) is 58.3 Å². The zero-order valence-electron chi connectivity index (χ0n) is 11.2. The Kier molecular flexibility index (Phi) is 5.26. The molecule has 1 amide bonds. The van der Waals surface area contributed by atoms with Gasteiger partial charge in [0.1, 0.15) is 0 Å². The molecule has 0 aliphatic rings. The van der Waals surface area contributed by atoms with Gasteiger partial charge in [-0.3, -0.25) is 9.78 Å². The van der Waals surface area contributed by atoms with Crippen LogP contribution in [0.4, 0.5) is 5.69 Å². The molecule has 1 heterocycles. The molecule has 0 unspecified atom stereocenters. The summed E-state index contributed by atoms with van der Waals surface area (Å²) in [4.78, 5) is 15.8. The number of nitrogens with zero attached hydrogens (tertiary/aromatic N) is 1. The Morgan fingerprint density at radius 1 is 1.35 bits per heavy atom. The Morgan fingerprint density at radius 3 is 2.95 bits per heavy atom. The number of amides is 1. The highest BCUT2D eigenvalue weighted by atomic mass is 79.9. The van der Waals surface area contributed by atoms with E-state index < -0.39 is 0 Å². The first kappa shape index (κ1) is 14.7. The van der Waals surface area contributed by atoms with Crippen LogP contribution in [0.25, 0.3) is 0 Å². The number of aromatic nitrogens is 1. The van der Waals surface area contributed by atoms with Crippen LogP contribution in [-0.2, 0) is 11.3 Å². The number of halogens is 1. The van der Waals surface area contributed by atoms with Crippen molar-refractivity contribution < 1.29 is 4.79 Å². The van der Waals surface area contributed by atoms with E-state index in [0.717, 1.165) is 21.3 Å². The zero-order valence-corrected chi connectivity index (χ0v) is 12.8. The van der Waals surface area contributed by atoms with Crippen LogP contribution in [0.2, 0.25) is 0 Å². The molecule has 20 heavy (non-hydrogen) atoms. The number of carbonyl (C=O) groups excluding carboxylic acids is 1. The molecule has 104 valence electrons. The Labute approximate surface area is 126 Å². The first-order valence-corrected chi connectivity index (χ1v) is 7.10. The summed E-state index contributed by atoms with van der Waals surface area (Å²) in [5.74, 6) is -0.0604. The van der Waals surface area contributed by atoms with Crippen LogP contribution in [0.15, 0.2) is 47.2 Å². The highest BCUT2D eigenvalue weighted by Gasteiger charge is 2.03. The Morgan fingerprint density at radius 2 is 2.20 bits per heavy atom. The van der Waals surface area contributed by atoms with E-state index in [2.05, 4.69) is 31.5 Å². The largest absolute Gasteiger partial charge is 0.325 e. The van der Waals surface area contributed by atoms with E-state index in [-0.39, 0.29) is 12.5 Å². The molecule has 2 N–H and O–H groups in total. The van der Waals surface area contributed by atoms with Crippen LogP contribution in [0.1, 0.15) is 11.1 Å². The molecule has 0 aliphatic carbocycles. The number of rotatable bonds is 5. The summed E-state index contributed by atoms with van der Waals surface area (Å²) in [7, 11) is 0. The van der Waals surface area contributed by atoms with Gasteiger partial charge in [0.05, 0.1) is 6.54 Å². The van der Waals surface area contributed by atoms with Gasteiger partial charge in [-0.1, -0.05) is 22.0 Å². The van der Waals surface area contributed by atoms with E-state index in [1.54, 1.807) is 6.20 Å². The lowest BCUT2D eigenvalue weighted by Gasteiger charge is -2.08. The molecular formula is C15H16BrN3O. The van der Waals surface area contributed by atoms with Crippen molar-refractivity contribution in [1.82, 2.24) is 10.3 Å². The first-order valence-electron chi connectivity index (χ1n) is 6.31. The normalized spacial score (nSPS) is 10.3. The van der Waals surface area contributed by atoms with Gasteiger partial charge in [0.15, 0.2) is 0 Å². The minimum absolute atomic E-state index is 0.0604. The van der Waals surface area contributed by atoms with Crippen molar-refractivity contribution in [2.45, 2.75) is 13.5 Å². The molecule has 0 radical (unpaired) electrons. The first-order chi connectivity index (χ1) is 9.65. The van der Waals surface area contributed by atoms with Crippen molar-refractivity contribution in [2.24, 2.45) is 0 Å². The highest BCUT2D eigenvalue weighted by molar-refractivity contribution is 9.10. The quantitative estimate of drug-likeness (QED) is 0.884. The molecule has 0 spiro atoms. The fraction of sp³-hybridized carbons (Fsp3) is 0.200. The van der Waals surface area contributed by atoms with Crippen LogP contribution in [0.3, 0.4) is 0 Å². The maximum atomic E-state index is 11.8. The van der Waals surface area contributed by atoms with Gasteiger partial charge in [-0.15, -0.1) is 0 Å². The summed E-state index contributed by atoms with van der Waals surface area (Å²) in [6.07, 6.45) is 3.57. The lowest BCUT2D eigenvalue weighted by atomic mass is 10.1. The number of pyridine rings is 1. The van der Waals surface area contributed by atoms with Crippen molar-refractivity contribution in [2.75, 3.05) is 11.9 Å². The number of hydrogen-bond acceptors (Lipinski definition) is 3. The van der Waals surface area contributed by atoms with E-state index in [0.29, 0.717) is 6.54 Å². The standard InChI is InChI=1S/C15H16BrN3O/c1-11-8-17-6-5-12(11)9-18-10-15(20)19-14-4-2-3-13(16)7-14/h2-8,18H,9-10H2,1H3,(H,19,20). The van der Waals surface area contributed by atoms with Gasteiger partial charge in [-0.2, -0.15) is 0 Å². The molecule has 0 fully saturated rings. The summed E-state index contributed by atoms with van der Waals surface area (Å²) >= 11 is 3.37. The number of anilines is 1. The minimum atomic E-state index is -0.0604. The molecule has 0 saturated heterocycles. The van der Waals surface area contributed by atoms with Gasteiger partial charge in [-0.25, -0.2) is 0 Å². The van der Waals surface area contributed by atoms with Crippen LogP contribution < -0.4 is 10.6 Å². The lowest BCUT2D eigenvalue weighted by molar-refractivity contribution is -0.115. The summed E-state index contributed by atoms with van der Waals surface area (Å²) < 4.78 is 0.940. The second-order valence-corrected chi connectivity index (χ2v) is 5.38. The Balaban J connectivity index is 1.80. The molecule has 0 atom stereocenters. The summed E-state index contributed by atoms with van der Waals surface area (Å²) in [6, 6.07) is 9.47. The van der Waals surface area contributed by atoms with Crippen molar-refractivity contribution >= 4 is 27.5 Å². The summed E-state index contributed by atoms with van der Waals surface area (Å²) in [5, 5.41) is 5.97. The molecule has 0 bridgehead atoms. The van der Waals surface area contributed by atoms with E-state index in [1.165, 1.54) is 0 Å². The fourth-order valence-electron chi connectivity index (χ4n) is 1.78. The van der Waals surface area contributed by atoms with Crippen LogP contribution in [0, 0.1) is 6.92 Å². The molecule has 2 rings (SSSR count). The molecule has 2 aromatic rings. The SMILES string of the molecule is Cc1cnccc1CNCC(=O)Nc1cccc(Br)c1. The third kappa shape index (κ3) is 4.43. The predicted molar refractivity (Wildman–Crippen MR) is 83.5 cm³/mol. The predicted octanol–water partition coefficient (Wildman–Crippen LogP) is 2.88. The molecule has 4 nitrogen and oxygen atoms in total. The van der Waals surface area contributed by atoms with Crippen LogP contribution in [0.5, 0.6) is 0 Å². The minimum Gasteiger partial charge on any atom is -0.325 e. The van der Waals surface area contributed by atoms with Crippen LogP contribution >= 0.6 is 15.9 Å². The van der Waals surface area contributed by atoms with Gasteiger partial charge in [0.2, 0.25) is 5.91 Å². The number of carbonyl (C=O) groups is 1. The summed E-state index contributed by atoms with van der Waals surface area (Å²) in [6.45, 7) is 2.93. The van der Waals surface area contributed by atoms with Gasteiger partial charge in [0, 0.05) is 29.1 Å². The van der Waals surface area contributed by atoms with E-state index in [9.17, 15) is 4.79 Å². The van der Waals surface area contributed by atoms with Crippen molar-refractivity contribution in [3.8, 4) is 0 Å². The number of aryl methyl sites for hydroxylation is 1. The van der Waals surface area contributed by atoms with Gasteiger partial charge < -0.3 is 10.6 Å². The van der Waals surface area contributed by atoms with Gasteiger partial charge in [-0.05, 0) is 42.3 Å². The van der Waals surface area contributed by atoms with Crippen molar-refractivity contribution in [3.63, 3.8) is 0 Å². The van der Waals surface area contributed by atoms with E-state index in [1.807, 2.05) is 43.5 Å². The topological polar surface area (TPSA) is 54.0 Å². The maximum Gasteiger partial charge on any atom is 0.238 e. The number of benzene rings is 1. The number of nitrogens with one attached hydrogen (secondary N) is 2. The maximum absolute atomic E-state index is 11.8. The Bertz CT molecular complexity index is 601. The van der Waals surface area contributed by atoms with Gasteiger partial charge in [0.25, 0.3) is 0 Å². The molecule has 1 aromatic carbocycles. The third-order valence-corrected chi connectivity index (χ3v) is 3.34. The van der Waals surface area contributed by atoms with Gasteiger partial charge >= 0.3 is 0 Å². The number of hydrogen-bond donors (Lipinski definition) is 2. The third-order valence-electron chi connectivity index (χ3n) is 2.85.